The van der Waals surface area contributed by atoms with Crippen LogP contribution in [0.2, 0.25) is 0 Å². The summed E-state index contributed by atoms with van der Waals surface area (Å²) in [6.07, 6.45) is 6.31. The Kier molecular flexibility index (Phi) is 6.45. The number of hydrogen-bond acceptors (Lipinski definition) is 3. The van der Waals surface area contributed by atoms with Crippen molar-refractivity contribution in [3.05, 3.63) is 12.2 Å². The third-order valence-electron chi connectivity index (χ3n) is 1.69. The monoisotopic (exact) mass is 199 g/mol. The van der Waals surface area contributed by atoms with E-state index in [0.29, 0.717) is 6.04 Å². The number of hydrogen-bond donors (Lipinski definition) is 1. The normalized spacial score (nSPS) is 18.1. The second-order valence-corrected chi connectivity index (χ2v) is 3.01. The van der Waals surface area contributed by atoms with Crippen molar-refractivity contribution in [1.29, 1.82) is 0 Å². The summed E-state index contributed by atoms with van der Waals surface area (Å²) in [6.45, 7) is 2.91. The summed E-state index contributed by atoms with van der Waals surface area (Å²) in [5.41, 5.74) is 0. The van der Waals surface area contributed by atoms with Gasteiger partial charge in [0, 0.05) is 19.9 Å². The highest BCUT2D eigenvalue weighted by Crippen LogP contribution is 2.07. The van der Waals surface area contributed by atoms with Gasteiger partial charge >= 0.3 is 5.97 Å². The van der Waals surface area contributed by atoms with Crippen molar-refractivity contribution in [3.63, 3.8) is 0 Å². The third-order valence-corrected chi connectivity index (χ3v) is 1.69. The molecule has 1 aliphatic carbocycles. The van der Waals surface area contributed by atoms with Gasteiger partial charge in [0.1, 0.15) is 0 Å². The first kappa shape index (κ1) is 12.7. The average Bonchev–Trinajstić information content (AvgIpc) is 2.57. The molecule has 0 fully saturated rings. The molecule has 4 nitrogen and oxygen atoms in total. The van der Waals surface area contributed by atoms with Gasteiger partial charge < -0.3 is 10.1 Å². The number of carbonyl (C=O) groups excluding carboxylic acids is 2. The Morgan fingerprint density at radius 3 is 2.29 bits per heavy atom. The van der Waals surface area contributed by atoms with Crippen LogP contribution in [0.4, 0.5) is 0 Å². The second kappa shape index (κ2) is 7.12. The minimum atomic E-state index is -0.245. The number of allylic oxidation sites excluding steroid dienone is 1. The maximum absolute atomic E-state index is 10.5. The highest BCUT2D eigenvalue weighted by atomic mass is 16.5. The fourth-order valence-electron chi connectivity index (χ4n) is 1.01. The third kappa shape index (κ3) is 7.34. The van der Waals surface area contributed by atoms with Gasteiger partial charge in [-0.3, -0.25) is 9.59 Å². The second-order valence-electron chi connectivity index (χ2n) is 3.01. The first-order valence-corrected chi connectivity index (χ1v) is 4.54. The lowest BCUT2D eigenvalue weighted by molar-refractivity contribution is -0.137. The zero-order valence-corrected chi connectivity index (χ0v) is 8.87. The first-order valence-electron chi connectivity index (χ1n) is 4.54. The number of ether oxygens (including phenoxy) is 1. The summed E-state index contributed by atoms with van der Waals surface area (Å²) in [5.74, 6) is -0.184. The summed E-state index contributed by atoms with van der Waals surface area (Å²) < 4.78 is 4.11. The Morgan fingerprint density at radius 2 is 2.00 bits per heavy atom. The molecule has 0 spiro atoms. The van der Waals surface area contributed by atoms with Crippen molar-refractivity contribution in [2.24, 2.45) is 0 Å². The molecule has 1 rings (SSSR count). The van der Waals surface area contributed by atoms with E-state index < -0.39 is 0 Å². The smallest absolute Gasteiger partial charge is 0.302 e. The largest absolute Gasteiger partial charge is 0.469 e. The highest BCUT2D eigenvalue weighted by molar-refractivity contribution is 5.73. The Labute approximate surface area is 84.3 Å². The first-order chi connectivity index (χ1) is 6.56. The van der Waals surface area contributed by atoms with Gasteiger partial charge in [-0.15, -0.1) is 0 Å². The fraction of sp³-hybridized carbons (Fsp3) is 0.600. The molecule has 0 aliphatic heterocycles. The van der Waals surface area contributed by atoms with Crippen molar-refractivity contribution in [2.75, 3.05) is 7.11 Å². The van der Waals surface area contributed by atoms with Crippen LogP contribution in [0.25, 0.3) is 0 Å². The van der Waals surface area contributed by atoms with Crippen LogP contribution in [-0.4, -0.2) is 25.0 Å². The topological polar surface area (TPSA) is 55.4 Å². The predicted molar refractivity (Wildman–Crippen MR) is 53.7 cm³/mol. The van der Waals surface area contributed by atoms with E-state index in [1.807, 2.05) is 6.08 Å². The molecule has 1 N–H and O–H groups in total. The number of amides is 1. The van der Waals surface area contributed by atoms with E-state index >= 15 is 0 Å². The minimum Gasteiger partial charge on any atom is -0.469 e. The lowest BCUT2D eigenvalue weighted by Gasteiger charge is -2.06. The Bertz CT molecular complexity index is 223. The maximum atomic E-state index is 10.5. The molecule has 80 valence electrons. The van der Waals surface area contributed by atoms with E-state index in [2.05, 4.69) is 16.1 Å². The van der Waals surface area contributed by atoms with E-state index in [4.69, 9.17) is 0 Å². The van der Waals surface area contributed by atoms with Crippen LogP contribution in [0.1, 0.15) is 26.7 Å². The minimum absolute atomic E-state index is 0.0616. The van der Waals surface area contributed by atoms with Crippen LogP contribution in [0, 0.1) is 0 Å². The van der Waals surface area contributed by atoms with Gasteiger partial charge in [-0.25, -0.2) is 0 Å². The molecule has 14 heavy (non-hydrogen) atoms. The Hall–Kier alpha value is -1.32. The molecule has 4 heteroatoms. The van der Waals surface area contributed by atoms with E-state index in [-0.39, 0.29) is 11.9 Å². The zero-order valence-electron chi connectivity index (χ0n) is 8.87. The molecule has 0 saturated heterocycles. The average molecular weight is 199 g/mol. The van der Waals surface area contributed by atoms with E-state index in [1.54, 1.807) is 6.92 Å². The molecule has 0 aromatic rings. The SMILES string of the molecule is CC(=O)N[C@@H]1C=CCC1.COC(C)=O. The fourth-order valence-corrected chi connectivity index (χ4v) is 1.01. The van der Waals surface area contributed by atoms with E-state index in [1.165, 1.54) is 14.0 Å². The Balaban J connectivity index is 0.000000292. The van der Waals surface area contributed by atoms with Gasteiger partial charge in [-0.05, 0) is 12.8 Å². The number of rotatable bonds is 1. The Morgan fingerprint density at radius 1 is 1.43 bits per heavy atom. The van der Waals surface area contributed by atoms with Crippen molar-refractivity contribution < 1.29 is 14.3 Å². The van der Waals surface area contributed by atoms with Gasteiger partial charge in [0.15, 0.2) is 0 Å². The van der Waals surface area contributed by atoms with E-state index in [0.717, 1.165) is 12.8 Å². The van der Waals surface area contributed by atoms with Crippen molar-refractivity contribution >= 4 is 11.9 Å². The summed E-state index contributed by atoms with van der Waals surface area (Å²) in [4.78, 5) is 20.0. The molecular formula is C10H17NO3. The molecule has 0 aromatic heterocycles. The van der Waals surface area contributed by atoms with E-state index in [9.17, 15) is 9.59 Å². The van der Waals surface area contributed by atoms with Crippen molar-refractivity contribution in [3.8, 4) is 0 Å². The molecule has 0 aromatic carbocycles. The molecule has 0 heterocycles. The molecular weight excluding hydrogens is 182 g/mol. The number of esters is 1. The summed E-state index contributed by atoms with van der Waals surface area (Å²) >= 11 is 0. The van der Waals surface area contributed by atoms with Crippen LogP contribution < -0.4 is 5.32 Å². The van der Waals surface area contributed by atoms with Gasteiger partial charge in [0.05, 0.1) is 7.11 Å². The van der Waals surface area contributed by atoms with Crippen LogP contribution in [0.5, 0.6) is 0 Å². The lowest BCUT2D eigenvalue weighted by atomic mass is 10.2. The zero-order chi connectivity index (χ0) is 11.0. The van der Waals surface area contributed by atoms with Crippen molar-refractivity contribution in [1.82, 2.24) is 5.32 Å². The number of nitrogens with one attached hydrogen (secondary N) is 1. The summed E-state index contributed by atoms with van der Waals surface area (Å²) in [7, 11) is 1.35. The number of carbonyl (C=O) groups is 2. The van der Waals surface area contributed by atoms with Gasteiger partial charge in [-0.2, -0.15) is 0 Å². The predicted octanol–water partition coefficient (Wildman–Crippen LogP) is 1.02. The highest BCUT2D eigenvalue weighted by Gasteiger charge is 2.08. The van der Waals surface area contributed by atoms with Gasteiger partial charge in [0.25, 0.3) is 0 Å². The van der Waals surface area contributed by atoms with Crippen molar-refractivity contribution in [2.45, 2.75) is 32.7 Å². The quantitative estimate of drug-likeness (QED) is 0.506. The molecule has 1 amide bonds. The molecule has 0 bridgehead atoms. The molecule has 1 atom stereocenters. The summed E-state index contributed by atoms with van der Waals surface area (Å²) in [5, 5.41) is 2.82. The maximum Gasteiger partial charge on any atom is 0.302 e. The molecule has 0 saturated carbocycles. The van der Waals surface area contributed by atoms with Crippen LogP contribution in [0.15, 0.2) is 12.2 Å². The van der Waals surface area contributed by atoms with Gasteiger partial charge in [-0.1, -0.05) is 12.2 Å². The van der Waals surface area contributed by atoms with Crippen LogP contribution in [-0.2, 0) is 14.3 Å². The molecule has 0 radical (unpaired) electrons. The molecule has 1 aliphatic rings. The van der Waals surface area contributed by atoms with Crippen LogP contribution >= 0.6 is 0 Å². The van der Waals surface area contributed by atoms with Gasteiger partial charge in [0.2, 0.25) is 5.91 Å². The number of methoxy groups -OCH3 is 1. The van der Waals surface area contributed by atoms with Crippen LogP contribution in [0.3, 0.4) is 0 Å². The molecule has 0 unspecified atom stereocenters. The summed E-state index contributed by atoms with van der Waals surface area (Å²) in [6, 6.07) is 0.308. The lowest BCUT2D eigenvalue weighted by Crippen LogP contribution is -2.29. The standard InChI is InChI=1S/C7H11NO.C3H6O2/c1-6(9)8-7-4-2-3-5-7;1-3(4)5-2/h2,4,7H,3,5H2,1H3,(H,8,9);1-2H3/t7-;/m1./s1.